The van der Waals surface area contributed by atoms with Gasteiger partial charge in [0.1, 0.15) is 0 Å². The van der Waals surface area contributed by atoms with Crippen molar-refractivity contribution >= 4 is 28.0 Å². The standard InChI is InChI=1S/C8H10BrN3/c1-10-8-11-5-7(6-12-8)3-2-4-9/h2-3,5-6H,4H2,1H3,(H,10,11,12). The summed E-state index contributed by atoms with van der Waals surface area (Å²) in [6.45, 7) is 0. The highest BCUT2D eigenvalue weighted by Crippen LogP contribution is 2.01. The van der Waals surface area contributed by atoms with E-state index in [-0.39, 0.29) is 0 Å². The van der Waals surface area contributed by atoms with E-state index in [1.807, 2.05) is 12.2 Å². The summed E-state index contributed by atoms with van der Waals surface area (Å²) in [6, 6.07) is 0. The van der Waals surface area contributed by atoms with E-state index < -0.39 is 0 Å². The van der Waals surface area contributed by atoms with Crippen molar-refractivity contribution in [3.05, 3.63) is 24.0 Å². The van der Waals surface area contributed by atoms with Crippen LogP contribution in [-0.2, 0) is 0 Å². The number of rotatable bonds is 3. The lowest BCUT2D eigenvalue weighted by Crippen LogP contribution is -1.94. The van der Waals surface area contributed by atoms with Crippen LogP contribution in [0.4, 0.5) is 5.95 Å². The minimum Gasteiger partial charge on any atom is -0.357 e. The molecule has 4 heteroatoms. The van der Waals surface area contributed by atoms with Gasteiger partial charge >= 0.3 is 0 Å². The van der Waals surface area contributed by atoms with Crippen LogP contribution >= 0.6 is 15.9 Å². The molecule has 0 aliphatic rings. The molecule has 0 spiro atoms. The molecule has 1 N–H and O–H groups in total. The number of alkyl halides is 1. The van der Waals surface area contributed by atoms with Crippen LogP contribution in [0.3, 0.4) is 0 Å². The Hall–Kier alpha value is -0.900. The van der Waals surface area contributed by atoms with Gasteiger partial charge in [-0.05, 0) is 0 Å². The van der Waals surface area contributed by atoms with E-state index in [1.165, 1.54) is 0 Å². The Morgan fingerprint density at radius 3 is 2.67 bits per heavy atom. The van der Waals surface area contributed by atoms with E-state index in [9.17, 15) is 0 Å². The first-order valence-electron chi connectivity index (χ1n) is 3.59. The summed E-state index contributed by atoms with van der Waals surface area (Å²) in [5.74, 6) is 0.644. The maximum absolute atomic E-state index is 4.06. The molecule has 0 radical (unpaired) electrons. The van der Waals surface area contributed by atoms with E-state index in [2.05, 4.69) is 31.2 Å². The van der Waals surface area contributed by atoms with Gasteiger partial charge in [0.05, 0.1) is 0 Å². The molecule has 0 aliphatic carbocycles. The van der Waals surface area contributed by atoms with Gasteiger partial charge in [-0.3, -0.25) is 0 Å². The van der Waals surface area contributed by atoms with Gasteiger partial charge in [0.15, 0.2) is 0 Å². The van der Waals surface area contributed by atoms with Crippen LogP contribution in [0.5, 0.6) is 0 Å². The monoisotopic (exact) mass is 227 g/mol. The van der Waals surface area contributed by atoms with Gasteiger partial charge < -0.3 is 5.32 Å². The van der Waals surface area contributed by atoms with Crippen LogP contribution in [0.15, 0.2) is 18.5 Å². The fourth-order valence-electron chi connectivity index (χ4n) is 0.734. The zero-order valence-corrected chi connectivity index (χ0v) is 8.37. The molecule has 0 atom stereocenters. The minimum absolute atomic E-state index is 0.644. The lowest BCUT2D eigenvalue weighted by molar-refractivity contribution is 1.14. The third kappa shape index (κ3) is 2.62. The fourth-order valence-corrected chi connectivity index (χ4v) is 0.921. The predicted octanol–water partition coefficient (Wildman–Crippen LogP) is 1.93. The van der Waals surface area contributed by atoms with E-state index in [0.29, 0.717) is 5.95 Å². The van der Waals surface area contributed by atoms with Crippen LogP contribution in [0.25, 0.3) is 6.08 Å². The van der Waals surface area contributed by atoms with Crippen molar-refractivity contribution in [1.82, 2.24) is 9.97 Å². The predicted molar refractivity (Wildman–Crippen MR) is 54.4 cm³/mol. The lowest BCUT2D eigenvalue weighted by atomic mass is 10.3. The molecular weight excluding hydrogens is 218 g/mol. The van der Waals surface area contributed by atoms with Crippen LogP contribution in [0, 0.1) is 0 Å². The average molecular weight is 228 g/mol. The van der Waals surface area contributed by atoms with E-state index >= 15 is 0 Å². The molecule has 1 aromatic heterocycles. The summed E-state index contributed by atoms with van der Waals surface area (Å²) in [7, 11) is 1.79. The van der Waals surface area contributed by atoms with Gasteiger partial charge in [0.2, 0.25) is 5.95 Å². The molecule has 0 fully saturated rings. The quantitative estimate of drug-likeness (QED) is 0.803. The summed E-state index contributed by atoms with van der Waals surface area (Å²) in [5.41, 5.74) is 1.01. The maximum Gasteiger partial charge on any atom is 0.222 e. The molecule has 1 heterocycles. The largest absolute Gasteiger partial charge is 0.357 e. The molecule has 1 rings (SSSR count). The van der Waals surface area contributed by atoms with Gasteiger partial charge in [0, 0.05) is 30.3 Å². The number of hydrogen-bond donors (Lipinski definition) is 1. The van der Waals surface area contributed by atoms with Gasteiger partial charge in [-0.2, -0.15) is 0 Å². The molecule has 0 aliphatic heterocycles. The molecule has 0 saturated carbocycles. The topological polar surface area (TPSA) is 37.8 Å². The molecule has 12 heavy (non-hydrogen) atoms. The lowest BCUT2D eigenvalue weighted by Gasteiger charge is -1.96. The van der Waals surface area contributed by atoms with E-state index in [1.54, 1.807) is 19.4 Å². The molecule has 64 valence electrons. The second kappa shape index (κ2) is 4.87. The molecule has 0 amide bonds. The first-order valence-corrected chi connectivity index (χ1v) is 4.71. The average Bonchev–Trinajstić information content (AvgIpc) is 2.15. The van der Waals surface area contributed by atoms with Crippen LogP contribution in [0.2, 0.25) is 0 Å². The Morgan fingerprint density at radius 1 is 1.50 bits per heavy atom. The molecule has 3 nitrogen and oxygen atoms in total. The molecule has 1 aromatic rings. The fraction of sp³-hybridized carbons (Fsp3) is 0.250. The van der Waals surface area contributed by atoms with Crippen molar-refractivity contribution in [2.45, 2.75) is 0 Å². The first-order chi connectivity index (χ1) is 5.86. The Labute approximate surface area is 80.1 Å². The molecular formula is C8H10BrN3. The number of halogens is 1. The summed E-state index contributed by atoms with van der Waals surface area (Å²) >= 11 is 3.30. The van der Waals surface area contributed by atoms with Crippen LogP contribution < -0.4 is 5.32 Å². The van der Waals surface area contributed by atoms with Crippen molar-refractivity contribution in [3.63, 3.8) is 0 Å². The molecule has 0 bridgehead atoms. The minimum atomic E-state index is 0.644. The summed E-state index contributed by atoms with van der Waals surface area (Å²) in [6.07, 6.45) is 7.52. The smallest absolute Gasteiger partial charge is 0.222 e. The summed E-state index contributed by atoms with van der Waals surface area (Å²) in [5, 5.41) is 3.70. The van der Waals surface area contributed by atoms with Crippen LogP contribution in [-0.4, -0.2) is 22.3 Å². The van der Waals surface area contributed by atoms with Crippen molar-refractivity contribution in [3.8, 4) is 0 Å². The Bertz CT molecular complexity index is 256. The SMILES string of the molecule is CNc1ncc(C=CCBr)cn1. The van der Waals surface area contributed by atoms with Crippen molar-refractivity contribution in [1.29, 1.82) is 0 Å². The first kappa shape index (κ1) is 9.19. The highest BCUT2D eigenvalue weighted by Gasteiger charge is 1.89. The Morgan fingerprint density at radius 2 is 2.17 bits per heavy atom. The van der Waals surface area contributed by atoms with Gasteiger partial charge in [-0.15, -0.1) is 0 Å². The van der Waals surface area contributed by atoms with Crippen molar-refractivity contribution < 1.29 is 0 Å². The number of aromatic nitrogens is 2. The van der Waals surface area contributed by atoms with Gasteiger partial charge in [-0.25, -0.2) is 9.97 Å². The van der Waals surface area contributed by atoms with Crippen molar-refractivity contribution in [2.24, 2.45) is 0 Å². The number of hydrogen-bond acceptors (Lipinski definition) is 3. The van der Waals surface area contributed by atoms with Crippen LogP contribution in [0.1, 0.15) is 5.56 Å². The maximum atomic E-state index is 4.06. The zero-order valence-electron chi connectivity index (χ0n) is 6.79. The van der Waals surface area contributed by atoms with Gasteiger partial charge in [-0.1, -0.05) is 28.1 Å². The zero-order chi connectivity index (χ0) is 8.81. The van der Waals surface area contributed by atoms with E-state index in [0.717, 1.165) is 10.9 Å². The number of anilines is 1. The third-order valence-electron chi connectivity index (χ3n) is 1.29. The Kier molecular flexibility index (Phi) is 3.73. The second-order valence-corrected chi connectivity index (χ2v) is 2.79. The normalized spacial score (nSPS) is 10.5. The highest BCUT2D eigenvalue weighted by molar-refractivity contribution is 9.09. The Balaban J connectivity index is 2.71. The molecule has 0 saturated heterocycles. The molecule has 0 unspecified atom stereocenters. The highest BCUT2D eigenvalue weighted by atomic mass is 79.9. The number of nitrogens with one attached hydrogen (secondary N) is 1. The molecule has 0 aromatic carbocycles. The van der Waals surface area contributed by atoms with E-state index in [4.69, 9.17) is 0 Å². The number of nitrogens with zero attached hydrogens (tertiary/aromatic N) is 2. The van der Waals surface area contributed by atoms with Gasteiger partial charge in [0.25, 0.3) is 0 Å². The third-order valence-corrected chi connectivity index (χ3v) is 1.67. The summed E-state index contributed by atoms with van der Waals surface area (Å²) in [4.78, 5) is 8.12. The van der Waals surface area contributed by atoms with Crippen molar-refractivity contribution in [2.75, 3.05) is 17.7 Å². The number of allylic oxidation sites excluding steroid dienone is 1. The summed E-state index contributed by atoms with van der Waals surface area (Å²) < 4.78 is 0. The second-order valence-electron chi connectivity index (χ2n) is 2.15.